The van der Waals surface area contributed by atoms with Crippen molar-refractivity contribution in [1.29, 1.82) is 0 Å². The summed E-state index contributed by atoms with van der Waals surface area (Å²) in [5.41, 5.74) is 2.14. The maximum atomic E-state index is 11.8. The molecular weight excluding hydrogens is 324 g/mol. The molecule has 0 atom stereocenters. The highest BCUT2D eigenvalue weighted by molar-refractivity contribution is 5.74. The smallest absolute Gasteiger partial charge is 0.220 e. The number of carbonyl (C=O) groups excluding carboxylic acids is 2. The Morgan fingerprint density at radius 3 is 1.35 bits per heavy atom. The van der Waals surface area contributed by atoms with Crippen molar-refractivity contribution in [3.8, 4) is 11.8 Å². The number of benzene rings is 2. The molecule has 2 aromatic carbocycles. The third kappa shape index (κ3) is 6.45. The molecule has 0 fully saturated rings. The molecule has 26 heavy (non-hydrogen) atoms. The second-order valence-electron chi connectivity index (χ2n) is 6.07. The number of carbonyl (C=O) groups is 2. The third-order valence-electron chi connectivity index (χ3n) is 3.99. The fraction of sp³-hybridized carbons (Fsp3) is 0.273. The Morgan fingerprint density at radius 1 is 0.692 bits per heavy atom. The molecule has 0 aromatic heterocycles. The Hall–Kier alpha value is -3.06. The Bertz CT molecular complexity index is 711. The summed E-state index contributed by atoms with van der Waals surface area (Å²) < 4.78 is 0. The first-order valence-corrected chi connectivity index (χ1v) is 8.61. The van der Waals surface area contributed by atoms with Gasteiger partial charge in [0, 0.05) is 26.9 Å². The molecule has 2 rings (SSSR count). The van der Waals surface area contributed by atoms with Gasteiger partial charge in [-0.3, -0.25) is 9.59 Å². The summed E-state index contributed by atoms with van der Waals surface area (Å²) in [6.45, 7) is 4.85. The van der Waals surface area contributed by atoms with Crippen molar-refractivity contribution < 1.29 is 9.59 Å². The molecule has 0 N–H and O–H groups in total. The molecule has 0 heterocycles. The van der Waals surface area contributed by atoms with Crippen LogP contribution in [0.2, 0.25) is 0 Å². The van der Waals surface area contributed by atoms with Crippen LogP contribution in [0.5, 0.6) is 0 Å². The first-order chi connectivity index (χ1) is 12.6. The third-order valence-corrected chi connectivity index (χ3v) is 3.99. The zero-order valence-corrected chi connectivity index (χ0v) is 15.3. The van der Waals surface area contributed by atoms with E-state index in [0.717, 1.165) is 11.1 Å². The van der Waals surface area contributed by atoms with E-state index in [9.17, 15) is 9.59 Å². The number of amides is 2. The lowest BCUT2D eigenvalue weighted by molar-refractivity contribution is -0.129. The quantitative estimate of drug-likeness (QED) is 0.753. The van der Waals surface area contributed by atoms with E-state index >= 15 is 0 Å². The van der Waals surface area contributed by atoms with Crippen molar-refractivity contribution in [2.45, 2.75) is 26.9 Å². The monoisotopic (exact) mass is 348 g/mol. The first-order valence-electron chi connectivity index (χ1n) is 8.61. The Kier molecular flexibility index (Phi) is 7.45. The summed E-state index contributed by atoms with van der Waals surface area (Å²) in [6, 6.07) is 19.7. The number of hydrogen-bond acceptors (Lipinski definition) is 2. The van der Waals surface area contributed by atoms with Crippen molar-refractivity contribution in [1.82, 2.24) is 9.80 Å². The maximum Gasteiger partial charge on any atom is 0.220 e. The van der Waals surface area contributed by atoms with Crippen molar-refractivity contribution in [2.24, 2.45) is 0 Å². The van der Waals surface area contributed by atoms with Gasteiger partial charge >= 0.3 is 0 Å². The predicted molar refractivity (Wildman–Crippen MR) is 103 cm³/mol. The van der Waals surface area contributed by atoms with E-state index in [1.165, 1.54) is 0 Å². The van der Waals surface area contributed by atoms with E-state index in [0.29, 0.717) is 26.2 Å². The SMILES string of the molecule is CC(=O)N(CC#CCN(Cc1ccccc1)C(C)=O)Cc1ccccc1. The molecule has 0 saturated carbocycles. The molecule has 2 amide bonds. The van der Waals surface area contributed by atoms with Gasteiger partial charge in [-0.15, -0.1) is 0 Å². The minimum Gasteiger partial charge on any atom is -0.327 e. The van der Waals surface area contributed by atoms with E-state index in [4.69, 9.17) is 0 Å². The van der Waals surface area contributed by atoms with E-state index in [-0.39, 0.29) is 11.8 Å². The van der Waals surface area contributed by atoms with Crippen molar-refractivity contribution in [3.63, 3.8) is 0 Å². The predicted octanol–water partition coefficient (Wildman–Crippen LogP) is 3.09. The van der Waals surface area contributed by atoms with Crippen LogP contribution in [0.25, 0.3) is 0 Å². The van der Waals surface area contributed by atoms with E-state index in [1.807, 2.05) is 60.7 Å². The maximum absolute atomic E-state index is 11.8. The highest BCUT2D eigenvalue weighted by Gasteiger charge is 2.09. The normalized spacial score (nSPS) is 9.77. The van der Waals surface area contributed by atoms with Gasteiger partial charge in [0.2, 0.25) is 11.8 Å². The van der Waals surface area contributed by atoms with Gasteiger partial charge in [-0.25, -0.2) is 0 Å². The van der Waals surface area contributed by atoms with Crippen LogP contribution in [-0.4, -0.2) is 34.7 Å². The van der Waals surface area contributed by atoms with Crippen LogP contribution >= 0.6 is 0 Å². The molecule has 134 valence electrons. The topological polar surface area (TPSA) is 40.6 Å². The van der Waals surface area contributed by atoms with E-state index in [1.54, 1.807) is 23.6 Å². The Morgan fingerprint density at radius 2 is 1.04 bits per heavy atom. The second kappa shape index (κ2) is 10.0. The minimum absolute atomic E-state index is 0.0177. The lowest BCUT2D eigenvalue weighted by atomic mass is 10.2. The van der Waals surface area contributed by atoms with Gasteiger partial charge in [-0.05, 0) is 11.1 Å². The largest absolute Gasteiger partial charge is 0.327 e. The molecule has 0 aliphatic rings. The van der Waals surface area contributed by atoms with E-state index < -0.39 is 0 Å². The highest BCUT2D eigenvalue weighted by Crippen LogP contribution is 2.05. The molecule has 0 aliphatic carbocycles. The molecule has 0 spiro atoms. The fourth-order valence-corrected chi connectivity index (χ4v) is 2.47. The van der Waals surface area contributed by atoms with E-state index in [2.05, 4.69) is 11.8 Å². The number of rotatable bonds is 6. The summed E-state index contributed by atoms with van der Waals surface area (Å²) in [5, 5.41) is 0. The minimum atomic E-state index is -0.0177. The highest BCUT2D eigenvalue weighted by atomic mass is 16.2. The molecule has 2 aromatic rings. The van der Waals surface area contributed by atoms with Gasteiger partial charge < -0.3 is 9.80 Å². The lowest BCUT2D eigenvalue weighted by Gasteiger charge is -2.19. The van der Waals surface area contributed by atoms with Gasteiger partial charge in [0.1, 0.15) is 0 Å². The van der Waals surface area contributed by atoms with Gasteiger partial charge in [0.15, 0.2) is 0 Å². The number of nitrogens with zero attached hydrogens (tertiary/aromatic N) is 2. The zero-order chi connectivity index (χ0) is 18.8. The van der Waals surface area contributed by atoms with Crippen LogP contribution < -0.4 is 0 Å². The summed E-state index contributed by atoms with van der Waals surface area (Å²) in [7, 11) is 0. The lowest BCUT2D eigenvalue weighted by Crippen LogP contribution is -2.30. The molecule has 0 saturated heterocycles. The van der Waals surface area contributed by atoms with Crippen molar-refractivity contribution in [2.75, 3.05) is 13.1 Å². The standard InChI is InChI=1S/C22H24N2O2/c1-19(25)23(17-21-11-5-3-6-12-21)15-9-10-16-24(20(2)26)18-22-13-7-4-8-14-22/h3-8,11-14H,15-18H2,1-2H3. The summed E-state index contributed by atoms with van der Waals surface area (Å²) in [4.78, 5) is 27.0. The molecule has 0 unspecified atom stereocenters. The van der Waals surface area contributed by atoms with Crippen molar-refractivity contribution in [3.05, 3.63) is 71.8 Å². The van der Waals surface area contributed by atoms with Crippen LogP contribution in [0.15, 0.2) is 60.7 Å². The second-order valence-corrected chi connectivity index (χ2v) is 6.07. The zero-order valence-electron chi connectivity index (χ0n) is 15.3. The molecule has 0 bridgehead atoms. The van der Waals surface area contributed by atoms with Gasteiger partial charge in [0.25, 0.3) is 0 Å². The van der Waals surface area contributed by atoms with Crippen LogP contribution in [0, 0.1) is 11.8 Å². The van der Waals surface area contributed by atoms with Crippen LogP contribution in [0.3, 0.4) is 0 Å². The number of hydrogen-bond donors (Lipinski definition) is 0. The molecular formula is C22H24N2O2. The Labute approximate surface area is 155 Å². The van der Waals surface area contributed by atoms with Gasteiger partial charge in [0.05, 0.1) is 13.1 Å². The van der Waals surface area contributed by atoms with Crippen LogP contribution in [-0.2, 0) is 22.7 Å². The summed E-state index contributed by atoms with van der Waals surface area (Å²) in [6.07, 6.45) is 0. The van der Waals surface area contributed by atoms with Gasteiger partial charge in [-0.1, -0.05) is 72.5 Å². The summed E-state index contributed by atoms with van der Waals surface area (Å²) in [5.74, 6) is 6.00. The molecule has 0 radical (unpaired) electrons. The molecule has 4 heteroatoms. The average molecular weight is 348 g/mol. The van der Waals surface area contributed by atoms with Crippen LogP contribution in [0.1, 0.15) is 25.0 Å². The molecule has 4 nitrogen and oxygen atoms in total. The fourth-order valence-electron chi connectivity index (χ4n) is 2.47. The average Bonchev–Trinajstić information content (AvgIpc) is 2.64. The first kappa shape index (κ1) is 19.3. The van der Waals surface area contributed by atoms with Gasteiger partial charge in [-0.2, -0.15) is 0 Å². The Balaban J connectivity index is 1.93. The molecule has 0 aliphatic heterocycles. The van der Waals surface area contributed by atoms with Crippen molar-refractivity contribution >= 4 is 11.8 Å². The summed E-state index contributed by atoms with van der Waals surface area (Å²) >= 11 is 0. The van der Waals surface area contributed by atoms with Crippen LogP contribution in [0.4, 0.5) is 0 Å².